The van der Waals surface area contributed by atoms with Gasteiger partial charge in [-0.1, -0.05) is 11.6 Å². The van der Waals surface area contributed by atoms with Crippen molar-refractivity contribution in [2.75, 3.05) is 0 Å². The molecule has 16 heavy (non-hydrogen) atoms. The Kier molecular flexibility index (Phi) is 2.61. The highest BCUT2D eigenvalue weighted by Gasteiger charge is 2.20. The van der Waals surface area contributed by atoms with E-state index in [0.717, 1.165) is 33.5 Å². The first-order valence-corrected chi connectivity index (χ1v) is 7.21. The van der Waals surface area contributed by atoms with Gasteiger partial charge in [0.25, 0.3) is 0 Å². The first-order valence-electron chi connectivity index (χ1n) is 4.79. The molecule has 1 aliphatic heterocycles. The van der Waals surface area contributed by atoms with Gasteiger partial charge in [0.15, 0.2) is 10.8 Å². The molecule has 0 atom stereocenters. The predicted octanol–water partition coefficient (Wildman–Crippen LogP) is 3.31. The molecule has 0 fully saturated rings. The number of aryl methyl sites for hydroxylation is 1. The molecule has 3 heterocycles. The zero-order valence-electron chi connectivity index (χ0n) is 8.53. The molecular weight excluding hydrogens is 262 g/mol. The smallest absolute Gasteiger partial charge is 0.190 e. The summed E-state index contributed by atoms with van der Waals surface area (Å²) in [6, 6.07) is 0. The summed E-state index contributed by atoms with van der Waals surface area (Å²) in [6.45, 7) is 1.96. The topological polar surface area (TPSA) is 38.7 Å². The third-order valence-electron chi connectivity index (χ3n) is 2.34. The van der Waals surface area contributed by atoms with E-state index in [9.17, 15) is 0 Å². The second-order valence-corrected chi connectivity index (χ2v) is 5.75. The molecule has 3 rings (SSSR count). The summed E-state index contributed by atoms with van der Waals surface area (Å²) >= 11 is 9.52. The van der Waals surface area contributed by atoms with Crippen LogP contribution in [0.2, 0.25) is 5.15 Å². The van der Waals surface area contributed by atoms with Gasteiger partial charge in [-0.05, 0) is 6.92 Å². The maximum Gasteiger partial charge on any atom is 0.190 e. The van der Waals surface area contributed by atoms with E-state index < -0.39 is 0 Å². The van der Waals surface area contributed by atoms with E-state index in [4.69, 9.17) is 11.6 Å². The average molecular weight is 270 g/mol. The first kappa shape index (κ1) is 10.5. The molecule has 0 spiro atoms. The van der Waals surface area contributed by atoms with Crippen LogP contribution in [0, 0.1) is 6.92 Å². The monoisotopic (exact) mass is 269 g/mol. The number of thioether (sulfide) groups is 1. The van der Waals surface area contributed by atoms with Crippen molar-refractivity contribution in [2.45, 2.75) is 18.4 Å². The molecule has 0 saturated carbocycles. The number of fused-ring (bicyclic) bond motifs is 1. The quantitative estimate of drug-likeness (QED) is 0.745. The molecule has 82 valence electrons. The van der Waals surface area contributed by atoms with E-state index >= 15 is 0 Å². The SMILES string of the molecule is Cc1csc(-c2nc(Cl)c3c(n2)CSC3)n1. The second-order valence-electron chi connectivity index (χ2n) is 3.55. The number of hydrogen-bond acceptors (Lipinski definition) is 5. The fraction of sp³-hybridized carbons (Fsp3) is 0.300. The van der Waals surface area contributed by atoms with Crippen molar-refractivity contribution in [1.82, 2.24) is 15.0 Å². The first-order chi connectivity index (χ1) is 7.74. The van der Waals surface area contributed by atoms with Crippen LogP contribution in [0.5, 0.6) is 0 Å². The maximum absolute atomic E-state index is 6.14. The number of rotatable bonds is 1. The van der Waals surface area contributed by atoms with Crippen LogP contribution in [-0.4, -0.2) is 15.0 Å². The number of thiazole rings is 1. The highest BCUT2D eigenvalue weighted by Crippen LogP contribution is 2.34. The Labute approximate surface area is 106 Å². The molecule has 1 aliphatic rings. The van der Waals surface area contributed by atoms with Gasteiger partial charge in [-0.25, -0.2) is 15.0 Å². The number of halogens is 1. The van der Waals surface area contributed by atoms with Gasteiger partial charge in [0.2, 0.25) is 0 Å². The normalized spacial score (nSPS) is 14.1. The molecule has 2 aromatic rings. The minimum absolute atomic E-state index is 0.581. The zero-order valence-corrected chi connectivity index (χ0v) is 10.9. The number of aromatic nitrogens is 3. The molecule has 0 saturated heterocycles. The van der Waals surface area contributed by atoms with Crippen molar-refractivity contribution in [3.8, 4) is 10.8 Å². The molecule has 0 aliphatic carbocycles. The van der Waals surface area contributed by atoms with Gasteiger partial charge in [-0.2, -0.15) is 11.8 Å². The van der Waals surface area contributed by atoms with Crippen LogP contribution in [0.3, 0.4) is 0 Å². The van der Waals surface area contributed by atoms with Gasteiger partial charge in [0.05, 0.1) is 5.69 Å². The van der Waals surface area contributed by atoms with Crippen molar-refractivity contribution in [2.24, 2.45) is 0 Å². The van der Waals surface area contributed by atoms with Crippen molar-refractivity contribution >= 4 is 34.7 Å². The Morgan fingerprint density at radius 2 is 2.12 bits per heavy atom. The van der Waals surface area contributed by atoms with E-state index in [1.54, 1.807) is 11.3 Å². The summed E-state index contributed by atoms with van der Waals surface area (Å²) in [5, 5.41) is 3.42. The van der Waals surface area contributed by atoms with Crippen LogP contribution in [-0.2, 0) is 11.5 Å². The zero-order chi connectivity index (χ0) is 11.1. The minimum atomic E-state index is 0.581. The van der Waals surface area contributed by atoms with E-state index in [-0.39, 0.29) is 0 Å². The lowest BCUT2D eigenvalue weighted by molar-refractivity contribution is 1.06. The molecule has 6 heteroatoms. The van der Waals surface area contributed by atoms with Crippen LogP contribution >= 0.6 is 34.7 Å². The highest BCUT2D eigenvalue weighted by molar-refractivity contribution is 7.98. The molecule has 0 unspecified atom stereocenters. The summed E-state index contributed by atoms with van der Waals surface area (Å²) in [7, 11) is 0. The van der Waals surface area contributed by atoms with Crippen LogP contribution in [0.15, 0.2) is 5.38 Å². The van der Waals surface area contributed by atoms with E-state index in [1.807, 2.05) is 24.1 Å². The lowest BCUT2D eigenvalue weighted by Crippen LogP contribution is -1.97. The van der Waals surface area contributed by atoms with E-state index in [1.165, 1.54) is 0 Å². The van der Waals surface area contributed by atoms with Crippen molar-refractivity contribution < 1.29 is 0 Å². The standard InChI is InChI=1S/C10H8ClN3S2/c1-5-2-16-10(12-5)9-13-7-4-15-3-6(7)8(11)14-9/h2H,3-4H2,1H3. The Morgan fingerprint density at radius 3 is 2.88 bits per heavy atom. The Morgan fingerprint density at radius 1 is 1.25 bits per heavy atom. The van der Waals surface area contributed by atoms with Gasteiger partial charge in [0, 0.05) is 28.1 Å². The molecule has 0 N–H and O–H groups in total. The van der Waals surface area contributed by atoms with Gasteiger partial charge in [0.1, 0.15) is 5.15 Å². The van der Waals surface area contributed by atoms with E-state index in [0.29, 0.717) is 11.0 Å². The molecule has 0 aromatic carbocycles. The Balaban J connectivity index is 2.12. The second kappa shape index (κ2) is 3.98. The lowest BCUT2D eigenvalue weighted by Gasteiger charge is -2.02. The summed E-state index contributed by atoms with van der Waals surface area (Å²) in [4.78, 5) is 13.2. The van der Waals surface area contributed by atoms with Crippen LogP contribution < -0.4 is 0 Å². The Bertz CT molecular complexity index is 553. The summed E-state index contributed by atoms with van der Waals surface area (Å²) in [6.07, 6.45) is 0. The molecule has 0 radical (unpaired) electrons. The highest BCUT2D eigenvalue weighted by atomic mass is 35.5. The van der Waals surface area contributed by atoms with Crippen molar-refractivity contribution in [3.05, 3.63) is 27.5 Å². The average Bonchev–Trinajstić information content (AvgIpc) is 2.85. The number of nitrogens with zero attached hydrogens (tertiary/aromatic N) is 3. The summed E-state index contributed by atoms with van der Waals surface area (Å²) < 4.78 is 0. The van der Waals surface area contributed by atoms with Crippen LogP contribution in [0.25, 0.3) is 10.8 Å². The fourth-order valence-corrected chi connectivity index (χ4v) is 3.67. The van der Waals surface area contributed by atoms with Crippen LogP contribution in [0.4, 0.5) is 0 Å². The summed E-state index contributed by atoms with van der Waals surface area (Å²) in [5.74, 6) is 2.50. The van der Waals surface area contributed by atoms with Gasteiger partial charge < -0.3 is 0 Å². The summed E-state index contributed by atoms with van der Waals surface area (Å²) in [5.41, 5.74) is 3.14. The maximum atomic E-state index is 6.14. The molecule has 2 aromatic heterocycles. The van der Waals surface area contributed by atoms with Gasteiger partial charge in [-0.15, -0.1) is 11.3 Å². The largest absolute Gasteiger partial charge is 0.238 e. The minimum Gasteiger partial charge on any atom is -0.238 e. The van der Waals surface area contributed by atoms with Crippen molar-refractivity contribution in [1.29, 1.82) is 0 Å². The van der Waals surface area contributed by atoms with E-state index in [2.05, 4.69) is 15.0 Å². The number of hydrogen-bond donors (Lipinski definition) is 0. The lowest BCUT2D eigenvalue weighted by atomic mass is 10.3. The molecule has 0 bridgehead atoms. The molecular formula is C10H8ClN3S2. The third-order valence-corrected chi connectivity index (χ3v) is 4.58. The molecule has 3 nitrogen and oxygen atoms in total. The van der Waals surface area contributed by atoms with Gasteiger partial charge >= 0.3 is 0 Å². The predicted molar refractivity (Wildman–Crippen MR) is 67.9 cm³/mol. The van der Waals surface area contributed by atoms with Crippen LogP contribution in [0.1, 0.15) is 17.0 Å². The fourth-order valence-electron chi connectivity index (χ4n) is 1.56. The Hall–Kier alpha value is -0.650. The van der Waals surface area contributed by atoms with Gasteiger partial charge in [-0.3, -0.25) is 0 Å². The molecule has 0 amide bonds. The third kappa shape index (κ3) is 1.73. The van der Waals surface area contributed by atoms with Crippen molar-refractivity contribution in [3.63, 3.8) is 0 Å².